The van der Waals surface area contributed by atoms with Gasteiger partial charge in [0.1, 0.15) is 29.0 Å². The minimum Gasteiger partial charge on any atom is -0.457 e. The van der Waals surface area contributed by atoms with Gasteiger partial charge in [0.2, 0.25) is 5.91 Å². The Morgan fingerprint density at radius 3 is 2.54 bits per heavy atom. The van der Waals surface area contributed by atoms with Gasteiger partial charge in [-0.3, -0.25) is 15.1 Å². The number of rotatable bonds is 7. The molecule has 9 nitrogen and oxygen atoms in total. The molecule has 186 valence electrons. The van der Waals surface area contributed by atoms with E-state index in [0.29, 0.717) is 35.6 Å². The van der Waals surface area contributed by atoms with Gasteiger partial charge in [-0.15, -0.1) is 0 Å². The third-order valence-corrected chi connectivity index (χ3v) is 5.08. The topological polar surface area (TPSA) is 131 Å². The summed E-state index contributed by atoms with van der Waals surface area (Å²) in [5.74, 6) is 0.781. The molecular formula is C25H31FN6O3. The Bertz CT molecular complexity index is 1150. The molecular weight excluding hydrogens is 451 g/mol. The minimum absolute atomic E-state index is 0.0298. The Hall–Kier alpha value is -3.95. The van der Waals surface area contributed by atoms with E-state index in [-0.39, 0.29) is 22.8 Å². The largest absolute Gasteiger partial charge is 0.457 e. The summed E-state index contributed by atoms with van der Waals surface area (Å²) < 4.78 is 20.3. The van der Waals surface area contributed by atoms with Crippen LogP contribution in [0.2, 0.25) is 0 Å². The number of aliphatic imine (C=N–C) groups is 1. The monoisotopic (exact) mass is 482 g/mol. The average molecular weight is 483 g/mol. The van der Waals surface area contributed by atoms with Crippen LogP contribution in [0.1, 0.15) is 40.5 Å². The number of allylic oxidation sites excluding steroid dienone is 1. The molecule has 2 aromatic rings. The number of pyridine rings is 1. The lowest BCUT2D eigenvalue weighted by Gasteiger charge is -2.19. The normalized spacial score (nSPS) is 14.3. The number of amides is 3. The SMILES string of the molecule is CC(=O)Nc1cc(Oc2ccc(NC(=O)NC(C=C(N)C(C)(C)C)=NCC3CC3)c(F)c2)ccn1. The van der Waals surface area contributed by atoms with Crippen LogP contribution in [-0.2, 0) is 4.79 Å². The van der Waals surface area contributed by atoms with Gasteiger partial charge in [-0.25, -0.2) is 14.2 Å². The van der Waals surface area contributed by atoms with E-state index in [2.05, 4.69) is 25.9 Å². The molecule has 0 unspecified atom stereocenters. The minimum atomic E-state index is -0.685. The van der Waals surface area contributed by atoms with Crippen LogP contribution in [0.25, 0.3) is 0 Å². The molecule has 1 heterocycles. The summed E-state index contributed by atoms with van der Waals surface area (Å²) in [4.78, 5) is 32.2. The molecule has 10 heteroatoms. The highest BCUT2D eigenvalue weighted by atomic mass is 19.1. The van der Waals surface area contributed by atoms with Crippen LogP contribution in [0.3, 0.4) is 0 Å². The van der Waals surface area contributed by atoms with Crippen LogP contribution in [0.4, 0.5) is 20.7 Å². The molecule has 1 saturated carbocycles. The maximum absolute atomic E-state index is 14.7. The van der Waals surface area contributed by atoms with Gasteiger partial charge in [-0.05, 0) is 43.0 Å². The number of amidine groups is 1. The fourth-order valence-electron chi connectivity index (χ4n) is 2.80. The number of aromatic nitrogens is 1. The predicted molar refractivity (Wildman–Crippen MR) is 134 cm³/mol. The van der Waals surface area contributed by atoms with Crippen LogP contribution in [0, 0.1) is 17.2 Å². The maximum Gasteiger partial charge on any atom is 0.324 e. The van der Waals surface area contributed by atoms with Crippen molar-refractivity contribution in [3.05, 3.63) is 54.1 Å². The van der Waals surface area contributed by atoms with Gasteiger partial charge in [0.05, 0.1) is 5.69 Å². The number of carbonyl (C=O) groups excluding carboxylic acids is 2. The number of hydrogen-bond donors (Lipinski definition) is 4. The predicted octanol–water partition coefficient (Wildman–Crippen LogP) is 4.79. The number of nitrogens with zero attached hydrogens (tertiary/aromatic N) is 2. The lowest BCUT2D eigenvalue weighted by molar-refractivity contribution is -0.114. The highest BCUT2D eigenvalue weighted by Crippen LogP contribution is 2.29. The van der Waals surface area contributed by atoms with Crippen molar-refractivity contribution in [2.24, 2.45) is 22.1 Å². The lowest BCUT2D eigenvalue weighted by atomic mass is 9.92. The van der Waals surface area contributed by atoms with Crippen molar-refractivity contribution in [3.63, 3.8) is 0 Å². The van der Waals surface area contributed by atoms with Crippen LogP contribution in [0.15, 0.2) is 53.3 Å². The quantitative estimate of drug-likeness (QED) is 0.333. The van der Waals surface area contributed by atoms with Gasteiger partial charge in [-0.1, -0.05) is 20.8 Å². The third-order valence-electron chi connectivity index (χ3n) is 5.08. The Balaban J connectivity index is 1.66. The van der Waals surface area contributed by atoms with Crippen molar-refractivity contribution in [1.29, 1.82) is 0 Å². The number of anilines is 2. The number of carbonyl (C=O) groups is 2. The molecule has 1 aromatic heterocycles. The Morgan fingerprint density at radius 2 is 1.91 bits per heavy atom. The van der Waals surface area contributed by atoms with Crippen molar-refractivity contribution >= 4 is 29.3 Å². The van der Waals surface area contributed by atoms with Crippen molar-refractivity contribution in [3.8, 4) is 11.5 Å². The third kappa shape index (κ3) is 8.40. The van der Waals surface area contributed by atoms with Crippen LogP contribution >= 0.6 is 0 Å². The first-order valence-electron chi connectivity index (χ1n) is 11.3. The van der Waals surface area contributed by atoms with Crippen molar-refractivity contribution in [2.75, 3.05) is 17.2 Å². The van der Waals surface area contributed by atoms with E-state index in [9.17, 15) is 14.0 Å². The molecule has 1 aliphatic rings. The second kappa shape index (κ2) is 11.0. The molecule has 35 heavy (non-hydrogen) atoms. The summed E-state index contributed by atoms with van der Waals surface area (Å²) >= 11 is 0. The molecule has 0 bridgehead atoms. The van der Waals surface area contributed by atoms with E-state index >= 15 is 0 Å². The van der Waals surface area contributed by atoms with Crippen LogP contribution in [-0.4, -0.2) is 29.3 Å². The summed E-state index contributed by atoms with van der Waals surface area (Å²) in [6, 6.07) is 6.49. The molecule has 1 aliphatic carbocycles. The number of hydrogen-bond acceptors (Lipinski definition) is 6. The fraction of sp³-hybridized carbons (Fsp3) is 0.360. The zero-order valence-corrected chi connectivity index (χ0v) is 20.3. The number of nitrogens with one attached hydrogen (secondary N) is 3. The van der Waals surface area contributed by atoms with Crippen molar-refractivity contribution in [1.82, 2.24) is 10.3 Å². The smallest absolute Gasteiger partial charge is 0.324 e. The van der Waals surface area contributed by atoms with Gasteiger partial charge in [0.15, 0.2) is 0 Å². The molecule has 3 amide bonds. The van der Waals surface area contributed by atoms with Crippen molar-refractivity contribution < 1.29 is 18.7 Å². The first-order valence-corrected chi connectivity index (χ1v) is 11.3. The van der Waals surface area contributed by atoms with E-state index < -0.39 is 11.8 Å². The van der Waals surface area contributed by atoms with Gasteiger partial charge < -0.3 is 21.1 Å². The number of ether oxygens (including phenoxy) is 1. The Labute approximate surface area is 204 Å². The van der Waals surface area contributed by atoms with Crippen molar-refractivity contribution in [2.45, 2.75) is 40.5 Å². The standard InChI is InChI=1S/C25H31FN6O3/c1-15(33)30-22-12-18(9-10-28-22)35-17-7-8-20(19(26)11-17)31-24(34)32-23(29-14-16-5-6-16)13-21(27)25(2,3)4/h7-13,16H,5-6,14,27H2,1-4H3,(H,28,30,33)(H2,29,31,32,34). The van der Waals surface area contributed by atoms with Crippen LogP contribution in [0.5, 0.6) is 11.5 Å². The molecule has 5 N–H and O–H groups in total. The molecule has 0 aliphatic heterocycles. The van der Waals surface area contributed by atoms with Gasteiger partial charge in [0.25, 0.3) is 0 Å². The van der Waals surface area contributed by atoms with Crippen LogP contribution < -0.4 is 26.4 Å². The van der Waals surface area contributed by atoms with Gasteiger partial charge >= 0.3 is 6.03 Å². The van der Waals surface area contributed by atoms with E-state index in [0.717, 1.165) is 18.9 Å². The summed E-state index contributed by atoms with van der Waals surface area (Å²) in [7, 11) is 0. The van der Waals surface area contributed by atoms with Gasteiger partial charge in [0, 0.05) is 42.9 Å². The maximum atomic E-state index is 14.7. The number of urea groups is 1. The summed E-state index contributed by atoms with van der Waals surface area (Å²) in [5, 5.41) is 7.69. The zero-order valence-electron chi connectivity index (χ0n) is 20.3. The molecule has 1 fully saturated rings. The number of benzene rings is 1. The Kier molecular flexibility index (Phi) is 8.06. The molecule has 0 radical (unpaired) electrons. The zero-order chi connectivity index (χ0) is 25.6. The first kappa shape index (κ1) is 25.7. The molecule has 3 rings (SSSR count). The summed E-state index contributed by atoms with van der Waals surface area (Å²) in [6.45, 7) is 7.85. The Morgan fingerprint density at radius 1 is 1.20 bits per heavy atom. The summed E-state index contributed by atoms with van der Waals surface area (Å²) in [6.07, 6.45) is 5.34. The first-order chi connectivity index (χ1) is 16.5. The highest BCUT2D eigenvalue weighted by Gasteiger charge is 2.21. The molecule has 0 atom stereocenters. The van der Waals surface area contributed by atoms with E-state index in [4.69, 9.17) is 10.5 Å². The van der Waals surface area contributed by atoms with E-state index in [1.54, 1.807) is 12.1 Å². The van der Waals surface area contributed by atoms with E-state index in [1.807, 2.05) is 20.8 Å². The highest BCUT2D eigenvalue weighted by molar-refractivity contribution is 6.08. The second-order valence-electron chi connectivity index (χ2n) is 9.40. The second-order valence-corrected chi connectivity index (χ2v) is 9.40. The molecule has 0 spiro atoms. The summed E-state index contributed by atoms with van der Waals surface area (Å²) in [5.41, 5.74) is 6.39. The fourth-order valence-corrected chi connectivity index (χ4v) is 2.80. The number of halogens is 1. The van der Waals surface area contributed by atoms with E-state index in [1.165, 1.54) is 31.3 Å². The average Bonchev–Trinajstić information content (AvgIpc) is 3.57. The molecule has 0 saturated heterocycles. The number of nitrogens with two attached hydrogens (primary N) is 1. The van der Waals surface area contributed by atoms with Gasteiger partial charge in [-0.2, -0.15) is 0 Å². The molecule has 1 aromatic carbocycles. The lowest BCUT2D eigenvalue weighted by Crippen LogP contribution is -2.35.